The van der Waals surface area contributed by atoms with Crippen molar-refractivity contribution in [3.8, 4) is 6.01 Å². The van der Waals surface area contributed by atoms with Gasteiger partial charge in [0.15, 0.2) is 0 Å². The SMILES string of the molecule is CCCNc1nc(OC)nc(N2CCCC(C)C2)n1. The second kappa shape index (κ2) is 6.54. The second-order valence-electron chi connectivity index (χ2n) is 5.07. The molecule has 6 nitrogen and oxygen atoms in total. The number of aromatic nitrogens is 3. The van der Waals surface area contributed by atoms with Crippen LogP contribution in [-0.2, 0) is 0 Å². The third-order valence-corrected chi connectivity index (χ3v) is 3.26. The zero-order chi connectivity index (χ0) is 13.7. The zero-order valence-electron chi connectivity index (χ0n) is 12.0. The first-order chi connectivity index (χ1) is 9.22. The van der Waals surface area contributed by atoms with E-state index in [2.05, 4.69) is 39.0 Å². The monoisotopic (exact) mass is 265 g/mol. The average Bonchev–Trinajstić information content (AvgIpc) is 2.44. The summed E-state index contributed by atoms with van der Waals surface area (Å²) in [5, 5.41) is 3.19. The second-order valence-corrected chi connectivity index (χ2v) is 5.07. The van der Waals surface area contributed by atoms with Gasteiger partial charge in [0.05, 0.1) is 7.11 Å². The Bertz CT molecular complexity index is 412. The highest BCUT2D eigenvalue weighted by atomic mass is 16.5. The van der Waals surface area contributed by atoms with E-state index in [0.717, 1.165) is 32.0 Å². The fourth-order valence-electron chi connectivity index (χ4n) is 2.27. The number of hydrogen-bond acceptors (Lipinski definition) is 6. The standard InChI is InChI=1S/C13H23N5O/c1-4-7-14-11-15-12(17-13(16-11)19-3)18-8-5-6-10(2)9-18/h10H,4-9H2,1-3H3,(H,14,15,16,17). The highest BCUT2D eigenvalue weighted by Crippen LogP contribution is 2.22. The number of hydrogen-bond donors (Lipinski definition) is 1. The third-order valence-electron chi connectivity index (χ3n) is 3.26. The predicted molar refractivity (Wildman–Crippen MR) is 75.8 cm³/mol. The first kappa shape index (κ1) is 13.8. The lowest BCUT2D eigenvalue weighted by Gasteiger charge is -2.30. The summed E-state index contributed by atoms with van der Waals surface area (Å²) in [7, 11) is 1.58. The van der Waals surface area contributed by atoms with Gasteiger partial charge in [-0.25, -0.2) is 0 Å². The molecule has 0 aliphatic carbocycles. The van der Waals surface area contributed by atoms with Crippen molar-refractivity contribution in [2.75, 3.05) is 37.0 Å². The van der Waals surface area contributed by atoms with Crippen molar-refractivity contribution in [3.05, 3.63) is 0 Å². The highest BCUT2D eigenvalue weighted by molar-refractivity contribution is 5.38. The zero-order valence-corrected chi connectivity index (χ0v) is 12.0. The molecular formula is C13H23N5O. The summed E-state index contributed by atoms with van der Waals surface area (Å²) in [4.78, 5) is 15.3. The van der Waals surface area contributed by atoms with E-state index in [1.54, 1.807) is 7.11 Å². The summed E-state index contributed by atoms with van der Waals surface area (Å²) in [6.45, 7) is 7.23. The molecule has 2 heterocycles. The fourth-order valence-corrected chi connectivity index (χ4v) is 2.27. The molecular weight excluding hydrogens is 242 g/mol. The van der Waals surface area contributed by atoms with Crippen LogP contribution < -0.4 is 15.0 Å². The summed E-state index contributed by atoms with van der Waals surface area (Å²) < 4.78 is 5.16. The van der Waals surface area contributed by atoms with Gasteiger partial charge < -0.3 is 15.0 Å². The number of piperidine rings is 1. The molecule has 0 spiro atoms. The van der Waals surface area contributed by atoms with Crippen molar-refractivity contribution in [1.82, 2.24) is 15.0 Å². The van der Waals surface area contributed by atoms with E-state index in [-0.39, 0.29) is 0 Å². The molecule has 106 valence electrons. The van der Waals surface area contributed by atoms with E-state index in [4.69, 9.17) is 4.74 Å². The number of methoxy groups -OCH3 is 1. The molecule has 6 heteroatoms. The largest absolute Gasteiger partial charge is 0.467 e. The lowest BCUT2D eigenvalue weighted by molar-refractivity contribution is 0.376. The maximum atomic E-state index is 5.16. The van der Waals surface area contributed by atoms with Crippen molar-refractivity contribution in [3.63, 3.8) is 0 Å². The van der Waals surface area contributed by atoms with Crippen LogP contribution in [0.3, 0.4) is 0 Å². The topological polar surface area (TPSA) is 63.2 Å². The van der Waals surface area contributed by atoms with Crippen LogP contribution in [0.25, 0.3) is 0 Å². The molecule has 1 N–H and O–H groups in total. The van der Waals surface area contributed by atoms with Gasteiger partial charge in [-0.15, -0.1) is 0 Å². The lowest BCUT2D eigenvalue weighted by Crippen LogP contribution is -2.35. The van der Waals surface area contributed by atoms with Gasteiger partial charge in [-0.3, -0.25) is 0 Å². The van der Waals surface area contributed by atoms with E-state index in [9.17, 15) is 0 Å². The lowest BCUT2D eigenvalue weighted by atomic mass is 10.0. The summed E-state index contributed by atoms with van der Waals surface area (Å²) in [5.74, 6) is 2.00. The van der Waals surface area contributed by atoms with Crippen LogP contribution in [-0.4, -0.2) is 41.7 Å². The number of nitrogens with zero attached hydrogens (tertiary/aromatic N) is 4. The van der Waals surface area contributed by atoms with Crippen molar-refractivity contribution in [1.29, 1.82) is 0 Å². The Morgan fingerprint density at radius 2 is 2.21 bits per heavy atom. The van der Waals surface area contributed by atoms with Crippen LogP contribution >= 0.6 is 0 Å². The van der Waals surface area contributed by atoms with E-state index < -0.39 is 0 Å². The Balaban J connectivity index is 2.17. The maximum absolute atomic E-state index is 5.16. The van der Waals surface area contributed by atoms with Crippen molar-refractivity contribution >= 4 is 11.9 Å². The Morgan fingerprint density at radius 3 is 2.89 bits per heavy atom. The molecule has 1 aliphatic heterocycles. The molecule has 0 bridgehead atoms. The van der Waals surface area contributed by atoms with Crippen LogP contribution in [0.15, 0.2) is 0 Å². The fraction of sp³-hybridized carbons (Fsp3) is 0.769. The molecule has 0 amide bonds. The predicted octanol–water partition coefficient (Wildman–Crippen LogP) is 1.94. The Hall–Kier alpha value is -1.59. The summed E-state index contributed by atoms with van der Waals surface area (Å²) >= 11 is 0. The highest BCUT2D eigenvalue weighted by Gasteiger charge is 2.20. The number of rotatable bonds is 5. The molecule has 0 saturated carbocycles. The Morgan fingerprint density at radius 1 is 1.37 bits per heavy atom. The van der Waals surface area contributed by atoms with Crippen LogP contribution in [0.2, 0.25) is 0 Å². The quantitative estimate of drug-likeness (QED) is 0.877. The van der Waals surface area contributed by atoms with Crippen molar-refractivity contribution in [2.45, 2.75) is 33.1 Å². The van der Waals surface area contributed by atoms with Gasteiger partial charge in [0.25, 0.3) is 0 Å². The first-order valence-electron chi connectivity index (χ1n) is 7.01. The molecule has 19 heavy (non-hydrogen) atoms. The minimum absolute atomic E-state index is 0.377. The minimum Gasteiger partial charge on any atom is -0.467 e. The van der Waals surface area contributed by atoms with Gasteiger partial charge in [-0.05, 0) is 25.2 Å². The molecule has 1 aliphatic rings. The van der Waals surface area contributed by atoms with Crippen LogP contribution in [0.5, 0.6) is 6.01 Å². The van der Waals surface area contributed by atoms with Crippen LogP contribution in [0.1, 0.15) is 33.1 Å². The van der Waals surface area contributed by atoms with Gasteiger partial charge in [0.2, 0.25) is 11.9 Å². The molecule has 1 aromatic rings. The Kier molecular flexibility index (Phi) is 4.76. The summed E-state index contributed by atoms with van der Waals surface area (Å²) in [6, 6.07) is 0.377. The van der Waals surface area contributed by atoms with Crippen molar-refractivity contribution < 1.29 is 4.74 Å². The molecule has 1 fully saturated rings. The van der Waals surface area contributed by atoms with E-state index in [1.807, 2.05) is 0 Å². The maximum Gasteiger partial charge on any atom is 0.322 e. The first-order valence-corrected chi connectivity index (χ1v) is 7.01. The van der Waals surface area contributed by atoms with Gasteiger partial charge in [-0.2, -0.15) is 15.0 Å². The number of anilines is 2. The van der Waals surface area contributed by atoms with Crippen LogP contribution in [0, 0.1) is 5.92 Å². The van der Waals surface area contributed by atoms with Crippen molar-refractivity contribution in [2.24, 2.45) is 5.92 Å². The molecule has 2 rings (SSSR count). The van der Waals surface area contributed by atoms with Crippen LogP contribution in [0.4, 0.5) is 11.9 Å². The minimum atomic E-state index is 0.377. The molecule has 1 saturated heterocycles. The van der Waals surface area contributed by atoms with Gasteiger partial charge >= 0.3 is 6.01 Å². The van der Waals surface area contributed by atoms with Gasteiger partial charge in [-0.1, -0.05) is 13.8 Å². The van der Waals surface area contributed by atoms with E-state index >= 15 is 0 Å². The normalized spacial score (nSPS) is 19.3. The van der Waals surface area contributed by atoms with Gasteiger partial charge in [0.1, 0.15) is 0 Å². The smallest absolute Gasteiger partial charge is 0.322 e. The molecule has 1 unspecified atom stereocenters. The third kappa shape index (κ3) is 3.68. The van der Waals surface area contributed by atoms with E-state index in [0.29, 0.717) is 17.9 Å². The molecule has 1 atom stereocenters. The molecule has 1 aromatic heterocycles. The Labute approximate surface area is 114 Å². The summed E-state index contributed by atoms with van der Waals surface area (Å²) in [6.07, 6.45) is 3.50. The number of nitrogens with one attached hydrogen (secondary N) is 1. The number of ether oxygens (including phenoxy) is 1. The average molecular weight is 265 g/mol. The summed E-state index contributed by atoms with van der Waals surface area (Å²) in [5.41, 5.74) is 0. The molecule has 0 radical (unpaired) electrons. The molecule has 0 aromatic carbocycles. The van der Waals surface area contributed by atoms with Gasteiger partial charge in [0, 0.05) is 19.6 Å². The van der Waals surface area contributed by atoms with E-state index in [1.165, 1.54) is 12.8 Å².